The standard InChI is InChI=1S/C19H23ClN2O3S/c1-15(16-3-5-17(20)6-4-16)21-11-13-22(14-12-21)26(23,24)19-9-7-18(25-2)8-10-19/h3-10,15H,11-14H2,1-2H3. The molecule has 0 N–H and O–H groups in total. The first kappa shape index (κ1) is 19.2. The lowest BCUT2D eigenvalue weighted by atomic mass is 10.1. The number of halogens is 1. The fourth-order valence-corrected chi connectivity index (χ4v) is 4.73. The van der Waals surface area contributed by atoms with Gasteiger partial charge in [0.05, 0.1) is 12.0 Å². The van der Waals surface area contributed by atoms with Crippen LogP contribution >= 0.6 is 11.6 Å². The molecule has 1 atom stereocenters. The van der Waals surface area contributed by atoms with Crippen LogP contribution in [-0.2, 0) is 10.0 Å². The predicted octanol–water partition coefficient (Wildman–Crippen LogP) is 3.42. The molecule has 2 aromatic carbocycles. The molecule has 1 unspecified atom stereocenters. The Bertz CT molecular complexity index is 830. The number of sulfonamides is 1. The quantitative estimate of drug-likeness (QED) is 0.779. The van der Waals surface area contributed by atoms with Crippen molar-refractivity contribution in [2.45, 2.75) is 17.9 Å². The summed E-state index contributed by atoms with van der Waals surface area (Å²) < 4.78 is 32.3. The maximum absolute atomic E-state index is 12.8. The second-order valence-corrected chi connectivity index (χ2v) is 8.72. The highest BCUT2D eigenvalue weighted by molar-refractivity contribution is 7.89. The zero-order valence-corrected chi connectivity index (χ0v) is 16.5. The van der Waals surface area contributed by atoms with Crippen molar-refractivity contribution in [2.24, 2.45) is 0 Å². The molecular weight excluding hydrogens is 372 g/mol. The van der Waals surface area contributed by atoms with E-state index in [-0.39, 0.29) is 6.04 Å². The van der Waals surface area contributed by atoms with E-state index in [2.05, 4.69) is 11.8 Å². The number of rotatable bonds is 5. The van der Waals surface area contributed by atoms with E-state index in [1.165, 1.54) is 5.56 Å². The van der Waals surface area contributed by atoms with Crippen molar-refractivity contribution in [3.05, 3.63) is 59.1 Å². The average molecular weight is 395 g/mol. The molecule has 7 heteroatoms. The Morgan fingerprint density at radius 3 is 2.08 bits per heavy atom. The average Bonchev–Trinajstić information content (AvgIpc) is 2.68. The minimum absolute atomic E-state index is 0.220. The molecule has 1 aliphatic heterocycles. The highest BCUT2D eigenvalue weighted by atomic mass is 35.5. The van der Waals surface area contributed by atoms with Gasteiger partial charge in [-0.3, -0.25) is 4.90 Å². The molecule has 2 aromatic rings. The first-order chi connectivity index (χ1) is 12.4. The Kier molecular flexibility index (Phi) is 5.87. The number of nitrogens with zero attached hydrogens (tertiary/aromatic N) is 2. The number of hydrogen-bond acceptors (Lipinski definition) is 4. The zero-order chi connectivity index (χ0) is 18.7. The minimum Gasteiger partial charge on any atom is -0.497 e. The molecule has 0 spiro atoms. The third kappa shape index (κ3) is 4.04. The van der Waals surface area contributed by atoms with Crippen LogP contribution in [0.15, 0.2) is 53.4 Å². The number of hydrogen-bond donors (Lipinski definition) is 0. The molecule has 1 saturated heterocycles. The van der Waals surface area contributed by atoms with Crippen LogP contribution in [0.3, 0.4) is 0 Å². The molecule has 0 bridgehead atoms. The molecule has 0 aromatic heterocycles. The predicted molar refractivity (Wildman–Crippen MR) is 103 cm³/mol. The van der Waals surface area contributed by atoms with E-state index in [1.54, 1.807) is 35.7 Å². The number of ether oxygens (including phenoxy) is 1. The fourth-order valence-electron chi connectivity index (χ4n) is 3.18. The first-order valence-corrected chi connectivity index (χ1v) is 10.4. The van der Waals surface area contributed by atoms with Crippen molar-refractivity contribution in [3.8, 4) is 5.75 Å². The van der Waals surface area contributed by atoms with Gasteiger partial charge >= 0.3 is 0 Å². The van der Waals surface area contributed by atoms with E-state index in [0.29, 0.717) is 36.8 Å². The van der Waals surface area contributed by atoms with Crippen LogP contribution < -0.4 is 4.74 Å². The van der Waals surface area contributed by atoms with E-state index in [4.69, 9.17) is 16.3 Å². The maximum atomic E-state index is 12.8. The number of methoxy groups -OCH3 is 1. The van der Waals surface area contributed by atoms with Crippen LogP contribution in [0.2, 0.25) is 5.02 Å². The van der Waals surface area contributed by atoms with Crippen LogP contribution in [0, 0.1) is 0 Å². The van der Waals surface area contributed by atoms with Crippen molar-refractivity contribution in [1.82, 2.24) is 9.21 Å². The van der Waals surface area contributed by atoms with Crippen molar-refractivity contribution in [1.29, 1.82) is 0 Å². The van der Waals surface area contributed by atoms with E-state index in [9.17, 15) is 8.42 Å². The van der Waals surface area contributed by atoms with Crippen molar-refractivity contribution in [3.63, 3.8) is 0 Å². The van der Waals surface area contributed by atoms with Gasteiger partial charge in [-0.25, -0.2) is 8.42 Å². The second kappa shape index (κ2) is 7.96. The van der Waals surface area contributed by atoms with Gasteiger partial charge in [0.15, 0.2) is 0 Å². The van der Waals surface area contributed by atoms with E-state index < -0.39 is 10.0 Å². The largest absolute Gasteiger partial charge is 0.497 e. The zero-order valence-electron chi connectivity index (χ0n) is 14.9. The summed E-state index contributed by atoms with van der Waals surface area (Å²) in [5.41, 5.74) is 1.18. The molecule has 26 heavy (non-hydrogen) atoms. The molecule has 0 amide bonds. The Labute approximate surface area is 160 Å². The van der Waals surface area contributed by atoms with Gasteiger partial charge in [-0.1, -0.05) is 23.7 Å². The maximum Gasteiger partial charge on any atom is 0.243 e. The lowest BCUT2D eigenvalue weighted by Gasteiger charge is -2.37. The molecule has 5 nitrogen and oxygen atoms in total. The summed E-state index contributed by atoms with van der Waals surface area (Å²) in [7, 11) is -1.91. The topological polar surface area (TPSA) is 49.9 Å². The smallest absolute Gasteiger partial charge is 0.243 e. The van der Waals surface area contributed by atoms with E-state index in [1.807, 2.05) is 24.3 Å². The van der Waals surface area contributed by atoms with Crippen LogP contribution in [-0.4, -0.2) is 50.9 Å². The van der Waals surface area contributed by atoms with Crippen LogP contribution in [0.1, 0.15) is 18.5 Å². The SMILES string of the molecule is COc1ccc(S(=O)(=O)N2CCN(C(C)c3ccc(Cl)cc3)CC2)cc1. The van der Waals surface area contributed by atoms with Gasteiger partial charge in [-0.15, -0.1) is 0 Å². The lowest BCUT2D eigenvalue weighted by Crippen LogP contribution is -2.49. The summed E-state index contributed by atoms with van der Waals surface area (Å²) in [6, 6.07) is 14.6. The normalized spacial score (nSPS) is 17.8. The Morgan fingerprint density at radius 2 is 1.54 bits per heavy atom. The monoisotopic (exact) mass is 394 g/mol. The number of piperazine rings is 1. The van der Waals surface area contributed by atoms with Crippen molar-refractivity contribution < 1.29 is 13.2 Å². The highest BCUT2D eigenvalue weighted by Gasteiger charge is 2.30. The molecule has 0 radical (unpaired) electrons. The van der Waals surface area contributed by atoms with Gasteiger partial charge in [0.1, 0.15) is 5.75 Å². The van der Waals surface area contributed by atoms with E-state index in [0.717, 1.165) is 5.02 Å². The van der Waals surface area contributed by atoms with Gasteiger partial charge in [0.25, 0.3) is 0 Å². The molecule has 3 rings (SSSR count). The second-order valence-electron chi connectivity index (χ2n) is 6.34. The van der Waals surface area contributed by atoms with Crippen molar-refractivity contribution >= 4 is 21.6 Å². The molecule has 140 valence electrons. The summed E-state index contributed by atoms with van der Waals surface area (Å²) in [5, 5.41) is 0.719. The van der Waals surface area contributed by atoms with Crippen molar-refractivity contribution in [2.75, 3.05) is 33.3 Å². The van der Waals surface area contributed by atoms with Gasteiger partial charge in [0.2, 0.25) is 10.0 Å². The van der Waals surface area contributed by atoms with Crippen LogP contribution in [0.5, 0.6) is 5.75 Å². The summed E-state index contributed by atoms with van der Waals surface area (Å²) in [5.74, 6) is 0.644. The summed E-state index contributed by atoms with van der Waals surface area (Å²) in [6.07, 6.45) is 0. The molecule has 1 aliphatic rings. The molecular formula is C19H23ClN2O3S. The Balaban J connectivity index is 1.66. The van der Waals surface area contributed by atoms with Crippen LogP contribution in [0.4, 0.5) is 0 Å². The minimum atomic E-state index is -3.47. The summed E-state index contributed by atoms with van der Waals surface area (Å²) >= 11 is 5.95. The summed E-state index contributed by atoms with van der Waals surface area (Å²) in [6.45, 7) is 4.48. The fraction of sp³-hybridized carbons (Fsp3) is 0.368. The Hall–Kier alpha value is -1.60. The molecule has 0 saturated carbocycles. The third-order valence-electron chi connectivity index (χ3n) is 4.87. The van der Waals surface area contributed by atoms with E-state index >= 15 is 0 Å². The van der Waals surface area contributed by atoms with Gasteiger partial charge in [-0.05, 0) is 48.9 Å². The number of benzene rings is 2. The Morgan fingerprint density at radius 1 is 0.962 bits per heavy atom. The molecule has 1 heterocycles. The lowest BCUT2D eigenvalue weighted by molar-refractivity contribution is 0.146. The summed E-state index contributed by atoms with van der Waals surface area (Å²) in [4.78, 5) is 2.60. The molecule has 1 fully saturated rings. The van der Waals surface area contributed by atoms with Gasteiger partial charge < -0.3 is 4.74 Å². The third-order valence-corrected chi connectivity index (χ3v) is 7.04. The van der Waals surface area contributed by atoms with Gasteiger partial charge in [0, 0.05) is 37.2 Å². The van der Waals surface area contributed by atoms with Crippen LogP contribution in [0.25, 0.3) is 0 Å². The molecule has 0 aliphatic carbocycles. The highest BCUT2D eigenvalue weighted by Crippen LogP contribution is 2.25. The first-order valence-electron chi connectivity index (χ1n) is 8.55. The van der Waals surface area contributed by atoms with Gasteiger partial charge in [-0.2, -0.15) is 4.31 Å².